The van der Waals surface area contributed by atoms with Crippen LogP contribution in [0.4, 0.5) is 0 Å². The largest absolute Gasteiger partial charge is 0.364 e. The molecule has 1 amide bonds. The minimum Gasteiger partial charge on any atom is -0.364 e. The second-order valence-electron chi connectivity index (χ2n) is 5.73. The lowest BCUT2D eigenvalue weighted by Gasteiger charge is -2.22. The van der Waals surface area contributed by atoms with Crippen LogP contribution in [0.5, 0.6) is 0 Å². The summed E-state index contributed by atoms with van der Waals surface area (Å²) < 4.78 is 6.84. The third-order valence-electron chi connectivity index (χ3n) is 4.03. The van der Waals surface area contributed by atoms with E-state index in [0.717, 1.165) is 12.2 Å². The Bertz CT molecular complexity index is 807. The molecular weight excluding hydrogens is 304 g/mol. The lowest BCUT2D eigenvalue weighted by atomic mass is 10.1. The summed E-state index contributed by atoms with van der Waals surface area (Å²) in [6.07, 6.45) is 5.80. The van der Waals surface area contributed by atoms with Gasteiger partial charge in [0, 0.05) is 26.0 Å². The Hall–Kier alpha value is -2.89. The first-order valence-electron chi connectivity index (χ1n) is 7.85. The van der Waals surface area contributed by atoms with Crippen molar-refractivity contribution in [2.45, 2.75) is 19.9 Å². The Labute approximate surface area is 140 Å². The van der Waals surface area contributed by atoms with Gasteiger partial charge in [0.25, 0.3) is 5.91 Å². The van der Waals surface area contributed by atoms with Crippen molar-refractivity contribution in [3.63, 3.8) is 0 Å². The van der Waals surface area contributed by atoms with Gasteiger partial charge >= 0.3 is 0 Å². The normalized spacial score (nSPS) is 10.8. The summed E-state index contributed by atoms with van der Waals surface area (Å²) in [5, 5.41) is 3.81. The van der Waals surface area contributed by atoms with E-state index >= 15 is 0 Å². The highest BCUT2D eigenvalue weighted by molar-refractivity contribution is 5.94. The van der Waals surface area contributed by atoms with Crippen molar-refractivity contribution in [3.8, 4) is 0 Å². The van der Waals surface area contributed by atoms with Crippen LogP contribution in [0, 0.1) is 6.92 Å². The Morgan fingerprint density at radius 3 is 2.71 bits per heavy atom. The van der Waals surface area contributed by atoms with Gasteiger partial charge in [0.2, 0.25) is 0 Å². The third kappa shape index (κ3) is 3.53. The average Bonchev–Trinajstić information content (AvgIpc) is 3.20. The summed E-state index contributed by atoms with van der Waals surface area (Å²) in [7, 11) is 1.92. The van der Waals surface area contributed by atoms with Crippen molar-refractivity contribution >= 4 is 5.91 Å². The molecule has 0 saturated heterocycles. The highest BCUT2D eigenvalue weighted by Gasteiger charge is 2.21. The number of rotatable bonds is 6. The predicted molar refractivity (Wildman–Crippen MR) is 89.3 cm³/mol. The Morgan fingerprint density at radius 1 is 1.29 bits per heavy atom. The number of carbonyl (C=O) groups is 1. The van der Waals surface area contributed by atoms with E-state index in [-0.39, 0.29) is 5.91 Å². The zero-order valence-corrected chi connectivity index (χ0v) is 13.8. The van der Waals surface area contributed by atoms with Gasteiger partial charge in [0.15, 0.2) is 0 Å². The molecule has 0 aliphatic carbocycles. The molecule has 0 N–H and O–H groups in total. The topological polar surface area (TPSA) is 64.2 Å². The molecule has 0 aliphatic rings. The molecule has 3 rings (SSSR count). The number of hydrogen-bond acceptors (Lipinski definition) is 4. The molecule has 2 aromatic heterocycles. The van der Waals surface area contributed by atoms with E-state index in [4.69, 9.17) is 4.52 Å². The van der Waals surface area contributed by atoms with Crippen molar-refractivity contribution in [3.05, 3.63) is 71.6 Å². The fourth-order valence-corrected chi connectivity index (χ4v) is 2.55. The molecule has 0 aliphatic heterocycles. The summed E-state index contributed by atoms with van der Waals surface area (Å²) >= 11 is 0. The predicted octanol–water partition coefficient (Wildman–Crippen LogP) is 2.60. The monoisotopic (exact) mass is 324 g/mol. The summed E-state index contributed by atoms with van der Waals surface area (Å²) in [6, 6.07) is 10.1. The van der Waals surface area contributed by atoms with Crippen LogP contribution in [-0.2, 0) is 20.0 Å². The third-order valence-corrected chi connectivity index (χ3v) is 4.03. The first kappa shape index (κ1) is 16.0. The molecule has 6 nitrogen and oxygen atoms in total. The van der Waals surface area contributed by atoms with Gasteiger partial charge in [-0.2, -0.15) is 0 Å². The Balaban J connectivity index is 1.79. The fraction of sp³-hybridized carbons (Fsp3) is 0.278. The van der Waals surface area contributed by atoms with E-state index in [1.807, 2.05) is 36.0 Å². The van der Waals surface area contributed by atoms with Gasteiger partial charge in [-0.25, -0.2) is 4.98 Å². The molecule has 24 heavy (non-hydrogen) atoms. The maximum absolute atomic E-state index is 12.9. The lowest BCUT2D eigenvalue weighted by molar-refractivity contribution is 0.0738. The molecule has 0 spiro atoms. The second-order valence-corrected chi connectivity index (χ2v) is 5.73. The van der Waals surface area contributed by atoms with Crippen molar-refractivity contribution < 1.29 is 9.32 Å². The van der Waals surface area contributed by atoms with Gasteiger partial charge in [-0.3, -0.25) is 4.79 Å². The number of imidazole rings is 1. The van der Waals surface area contributed by atoms with Crippen LogP contribution in [0.2, 0.25) is 0 Å². The van der Waals surface area contributed by atoms with E-state index in [0.29, 0.717) is 24.3 Å². The molecule has 0 saturated carbocycles. The molecule has 124 valence electrons. The minimum absolute atomic E-state index is 0.0901. The molecule has 2 heterocycles. The van der Waals surface area contributed by atoms with Crippen LogP contribution < -0.4 is 0 Å². The zero-order chi connectivity index (χ0) is 16.9. The van der Waals surface area contributed by atoms with Crippen molar-refractivity contribution in [1.29, 1.82) is 0 Å². The summed E-state index contributed by atoms with van der Waals surface area (Å²) in [4.78, 5) is 19.0. The number of carbonyl (C=O) groups excluding carboxylic acids is 1. The average molecular weight is 324 g/mol. The van der Waals surface area contributed by atoms with Crippen LogP contribution in [-0.4, -0.2) is 32.1 Å². The molecule has 0 fully saturated rings. The van der Waals surface area contributed by atoms with E-state index in [9.17, 15) is 4.79 Å². The van der Waals surface area contributed by atoms with Crippen LogP contribution >= 0.6 is 0 Å². The van der Waals surface area contributed by atoms with Gasteiger partial charge in [-0.05, 0) is 18.9 Å². The number of amides is 1. The van der Waals surface area contributed by atoms with Crippen LogP contribution in [0.1, 0.15) is 27.4 Å². The number of aromatic nitrogens is 3. The van der Waals surface area contributed by atoms with Crippen molar-refractivity contribution in [1.82, 2.24) is 19.6 Å². The van der Waals surface area contributed by atoms with Gasteiger partial charge in [0.05, 0.1) is 12.2 Å². The quantitative estimate of drug-likeness (QED) is 0.699. The molecule has 0 radical (unpaired) electrons. The number of benzene rings is 1. The second kappa shape index (κ2) is 7.12. The molecule has 6 heteroatoms. The van der Waals surface area contributed by atoms with Crippen LogP contribution in [0.3, 0.4) is 0 Å². The summed E-state index contributed by atoms with van der Waals surface area (Å²) in [5.74, 6) is 0.748. The van der Waals surface area contributed by atoms with Gasteiger partial charge in [0.1, 0.15) is 17.7 Å². The van der Waals surface area contributed by atoms with Gasteiger partial charge in [-0.1, -0.05) is 35.5 Å². The fourth-order valence-electron chi connectivity index (χ4n) is 2.55. The number of nitrogens with zero attached hydrogens (tertiary/aromatic N) is 4. The summed E-state index contributed by atoms with van der Waals surface area (Å²) in [6.45, 7) is 2.81. The zero-order valence-electron chi connectivity index (χ0n) is 13.8. The maximum atomic E-state index is 12.9. The number of hydrogen-bond donors (Lipinski definition) is 0. The molecule has 0 atom stereocenters. The molecule has 0 unspecified atom stereocenters. The highest BCUT2D eigenvalue weighted by atomic mass is 16.5. The van der Waals surface area contributed by atoms with Crippen molar-refractivity contribution in [2.24, 2.45) is 7.05 Å². The van der Waals surface area contributed by atoms with Crippen LogP contribution in [0.25, 0.3) is 0 Å². The van der Waals surface area contributed by atoms with Gasteiger partial charge in [-0.15, -0.1) is 0 Å². The first-order valence-corrected chi connectivity index (χ1v) is 7.85. The first-order chi connectivity index (χ1) is 11.6. The van der Waals surface area contributed by atoms with E-state index in [1.54, 1.807) is 18.0 Å². The Morgan fingerprint density at radius 2 is 2.08 bits per heavy atom. The van der Waals surface area contributed by atoms with Gasteiger partial charge < -0.3 is 14.0 Å². The summed E-state index contributed by atoms with van der Waals surface area (Å²) in [5.41, 5.74) is 2.29. The maximum Gasteiger partial charge on any atom is 0.259 e. The Kier molecular flexibility index (Phi) is 4.74. The molecule has 0 bridgehead atoms. The lowest BCUT2D eigenvalue weighted by Crippen LogP contribution is -2.33. The smallest absolute Gasteiger partial charge is 0.259 e. The molecule has 1 aromatic carbocycles. The molecular formula is C18H20N4O2. The van der Waals surface area contributed by atoms with Crippen molar-refractivity contribution in [2.75, 3.05) is 6.54 Å². The van der Waals surface area contributed by atoms with E-state index in [2.05, 4.69) is 22.3 Å². The van der Waals surface area contributed by atoms with E-state index < -0.39 is 0 Å². The number of aryl methyl sites for hydroxylation is 2. The SMILES string of the molecule is Cc1nocc1C(=O)N(CCc1ccccc1)Cc1nccn1C. The highest BCUT2D eigenvalue weighted by Crippen LogP contribution is 2.13. The standard InChI is InChI=1S/C18H20N4O2/c1-14-16(13-24-20-14)18(23)22(12-17-19-9-11-21(17)2)10-8-15-6-4-3-5-7-15/h3-7,9,11,13H,8,10,12H2,1-2H3. The van der Waals surface area contributed by atoms with Crippen LogP contribution in [0.15, 0.2) is 53.5 Å². The minimum atomic E-state index is -0.0901. The van der Waals surface area contributed by atoms with E-state index in [1.165, 1.54) is 11.8 Å². The molecule has 3 aromatic rings.